The Labute approximate surface area is 161 Å². The van der Waals surface area contributed by atoms with Crippen LogP contribution in [0.15, 0.2) is 77.9 Å². The molecule has 27 heavy (non-hydrogen) atoms. The minimum absolute atomic E-state index is 0.0304. The van der Waals surface area contributed by atoms with E-state index in [1.165, 1.54) is 12.1 Å². The smallest absolute Gasteiger partial charge is 0.269 e. The molecule has 0 aromatic heterocycles. The second-order valence-corrected chi connectivity index (χ2v) is 6.00. The Kier molecular flexibility index (Phi) is 6.02. The van der Waals surface area contributed by atoms with Crippen LogP contribution >= 0.6 is 11.6 Å². The van der Waals surface area contributed by atoms with Crippen molar-refractivity contribution in [1.29, 1.82) is 0 Å². The molecule has 3 aromatic carbocycles. The van der Waals surface area contributed by atoms with Crippen molar-refractivity contribution in [2.75, 3.05) is 5.43 Å². The van der Waals surface area contributed by atoms with Gasteiger partial charge >= 0.3 is 0 Å². The van der Waals surface area contributed by atoms with E-state index >= 15 is 0 Å². The van der Waals surface area contributed by atoms with Crippen molar-refractivity contribution >= 4 is 29.2 Å². The van der Waals surface area contributed by atoms with Crippen LogP contribution in [-0.4, -0.2) is 11.1 Å². The zero-order chi connectivity index (χ0) is 19.1. The number of anilines is 1. The Bertz CT molecular complexity index is 959. The number of para-hydroxylation sites is 1. The van der Waals surface area contributed by atoms with Gasteiger partial charge in [0, 0.05) is 28.3 Å². The van der Waals surface area contributed by atoms with E-state index in [1.54, 1.807) is 18.3 Å². The Hall–Kier alpha value is -3.38. The predicted molar refractivity (Wildman–Crippen MR) is 107 cm³/mol. The SMILES string of the molecule is O=[N+]([O-])c1ccc(N/N=C\c2ccccc2OCc2ccccc2Cl)cc1. The number of rotatable bonds is 7. The van der Waals surface area contributed by atoms with Gasteiger partial charge in [0.1, 0.15) is 12.4 Å². The van der Waals surface area contributed by atoms with Crippen LogP contribution in [0, 0.1) is 10.1 Å². The van der Waals surface area contributed by atoms with E-state index in [2.05, 4.69) is 10.5 Å². The molecular weight excluding hydrogens is 366 g/mol. The van der Waals surface area contributed by atoms with E-state index in [0.29, 0.717) is 23.1 Å². The third-order valence-electron chi connectivity index (χ3n) is 3.74. The van der Waals surface area contributed by atoms with Gasteiger partial charge in [0.05, 0.1) is 16.8 Å². The van der Waals surface area contributed by atoms with Crippen LogP contribution in [0.1, 0.15) is 11.1 Å². The average molecular weight is 382 g/mol. The molecule has 0 fully saturated rings. The molecule has 0 heterocycles. The number of ether oxygens (including phenoxy) is 1. The van der Waals surface area contributed by atoms with Gasteiger partial charge in [0.2, 0.25) is 0 Å². The monoisotopic (exact) mass is 381 g/mol. The highest BCUT2D eigenvalue weighted by molar-refractivity contribution is 6.31. The van der Waals surface area contributed by atoms with E-state index in [0.717, 1.165) is 11.1 Å². The molecule has 0 amide bonds. The molecule has 3 aromatic rings. The third kappa shape index (κ3) is 5.05. The summed E-state index contributed by atoms with van der Waals surface area (Å²) in [5.74, 6) is 0.673. The molecule has 0 radical (unpaired) electrons. The summed E-state index contributed by atoms with van der Waals surface area (Å²) in [6.45, 7) is 0.348. The maximum Gasteiger partial charge on any atom is 0.269 e. The summed E-state index contributed by atoms with van der Waals surface area (Å²) < 4.78 is 5.87. The second kappa shape index (κ2) is 8.82. The standard InChI is InChI=1S/C20H16ClN3O3/c21-19-7-3-1-6-16(19)14-27-20-8-4-2-5-15(20)13-22-23-17-9-11-18(12-10-17)24(25)26/h1-13,23H,14H2/b22-13-. The summed E-state index contributed by atoms with van der Waals surface area (Å²) >= 11 is 6.15. The first kappa shape index (κ1) is 18.4. The second-order valence-electron chi connectivity index (χ2n) is 5.59. The summed E-state index contributed by atoms with van der Waals surface area (Å²) in [4.78, 5) is 10.2. The van der Waals surface area contributed by atoms with Crippen molar-refractivity contribution in [2.45, 2.75) is 6.61 Å². The molecule has 136 valence electrons. The maximum absolute atomic E-state index is 10.7. The molecule has 0 saturated carbocycles. The number of nitro groups is 1. The molecule has 3 rings (SSSR count). The molecular formula is C20H16ClN3O3. The fourth-order valence-electron chi connectivity index (χ4n) is 2.32. The van der Waals surface area contributed by atoms with Crippen molar-refractivity contribution in [3.8, 4) is 5.75 Å². The number of halogens is 1. The lowest BCUT2D eigenvalue weighted by Crippen LogP contribution is -1.99. The van der Waals surface area contributed by atoms with Crippen molar-refractivity contribution < 1.29 is 9.66 Å². The molecule has 7 heteroatoms. The fraction of sp³-hybridized carbons (Fsp3) is 0.0500. The topological polar surface area (TPSA) is 76.8 Å². The molecule has 0 bridgehead atoms. The third-order valence-corrected chi connectivity index (χ3v) is 4.10. The molecule has 6 nitrogen and oxygen atoms in total. The summed E-state index contributed by atoms with van der Waals surface area (Å²) in [5, 5.41) is 15.5. The van der Waals surface area contributed by atoms with Gasteiger partial charge in [0.25, 0.3) is 5.69 Å². The van der Waals surface area contributed by atoms with Gasteiger partial charge in [-0.25, -0.2) is 0 Å². The summed E-state index contributed by atoms with van der Waals surface area (Å²) in [7, 11) is 0. The first-order valence-corrected chi connectivity index (χ1v) is 8.50. The summed E-state index contributed by atoms with van der Waals surface area (Å²) in [6, 6.07) is 21.0. The molecule has 1 N–H and O–H groups in total. The number of hydrogen-bond acceptors (Lipinski definition) is 5. The van der Waals surface area contributed by atoms with Crippen LogP contribution in [-0.2, 0) is 6.61 Å². The minimum Gasteiger partial charge on any atom is -0.488 e. The molecule has 0 spiro atoms. The van der Waals surface area contributed by atoms with Gasteiger partial charge in [-0.2, -0.15) is 5.10 Å². The molecule has 0 unspecified atom stereocenters. The lowest BCUT2D eigenvalue weighted by atomic mass is 10.2. The van der Waals surface area contributed by atoms with E-state index in [4.69, 9.17) is 16.3 Å². The van der Waals surface area contributed by atoms with Gasteiger partial charge in [-0.3, -0.25) is 15.5 Å². The van der Waals surface area contributed by atoms with Crippen molar-refractivity contribution in [2.24, 2.45) is 5.10 Å². The highest BCUT2D eigenvalue weighted by Gasteiger charge is 2.05. The van der Waals surface area contributed by atoms with Crippen molar-refractivity contribution in [3.63, 3.8) is 0 Å². The molecule has 0 aliphatic rings. The van der Waals surface area contributed by atoms with E-state index in [-0.39, 0.29) is 5.69 Å². The van der Waals surface area contributed by atoms with Gasteiger partial charge < -0.3 is 4.74 Å². The number of nitrogens with one attached hydrogen (secondary N) is 1. The fourth-order valence-corrected chi connectivity index (χ4v) is 2.51. The Morgan fingerprint density at radius 3 is 2.48 bits per heavy atom. The van der Waals surface area contributed by atoms with E-state index in [9.17, 15) is 10.1 Å². The minimum atomic E-state index is -0.445. The van der Waals surface area contributed by atoms with Gasteiger partial charge in [-0.15, -0.1) is 0 Å². The van der Waals surface area contributed by atoms with Crippen LogP contribution in [0.25, 0.3) is 0 Å². The quantitative estimate of drug-likeness (QED) is 0.343. The highest BCUT2D eigenvalue weighted by atomic mass is 35.5. The Morgan fingerprint density at radius 2 is 1.74 bits per heavy atom. The van der Waals surface area contributed by atoms with Crippen LogP contribution < -0.4 is 10.2 Å². The number of nitrogens with zero attached hydrogens (tertiary/aromatic N) is 2. The zero-order valence-corrected chi connectivity index (χ0v) is 15.0. The number of hydrogen-bond donors (Lipinski definition) is 1. The summed E-state index contributed by atoms with van der Waals surface area (Å²) in [5.41, 5.74) is 5.20. The van der Waals surface area contributed by atoms with Crippen LogP contribution in [0.2, 0.25) is 5.02 Å². The molecule has 0 saturated heterocycles. The van der Waals surface area contributed by atoms with Gasteiger partial charge in [-0.1, -0.05) is 41.9 Å². The average Bonchev–Trinajstić information content (AvgIpc) is 2.69. The number of benzene rings is 3. The lowest BCUT2D eigenvalue weighted by molar-refractivity contribution is -0.384. The zero-order valence-electron chi connectivity index (χ0n) is 14.2. The normalized spacial score (nSPS) is 10.7. The number of hydrazone groups is 1. The first-order chi connectivity index (χ1) is 13.1. The van der Waals surface area contributed by atoms with E-state index in [1.807, 2.05) is 48.5 Å². The van der Waals surface area contributed by atoms with E-state index < -0.39 is 4.92 Å². The highest BCUT2D eigenvalue weighted by Crippen LogP contribution is 2.21. The van der Waals surface area contributed by atoms with Crippen molar-refractivity contribution in [1.82, 2.24) is 0 Å². The Balaban J connectivity index is 1.65. The Morgan fingerprint density at radius 1 is 1.04 bits per heavy atom. The molecule has 0 aliphatic carbocycles. The number of nitro benzene ring substituents is 1. The van der Waals surface area contributed by atoms with Gasteiger partial charge in [0.15, 0.2) is 0 Å². The molecule has 0 aliphatic heterocycles. The lowest BCUT2D eigenvalue weighted by Gasteiger charge is -2.10. The maximum atomic E-state index is 10.7. The first-order valence-electron chi connectivity index (χ1n) is 8.12. The largest absolute Gasteiger partial charge is 0.488 e. The summed E-state index contributed by atoms with van der Waals surface area (Å²) in [6.07, 6.45) is 1.63. The van der Waals surface area contributed by atoms with Crippen LogP contribution in [0.3, 0.4) is 0 Å². The predicted octanol–water partition coefficient (Wildman–Crippen LogP) is 5.27. The van der Waals surface area contributed by atoms with Crippen molar-refractivity contribution in [3.05, 3.63) is 99.1 Å². The van der Waals surface area contributed by atoms with Crippen LogP contribution in [0.4, 0.5) is 11.4 Å². The molecule has 0 atom stereocenters. The van der Waals surface area contributed by atoms with Gasteiger partial charge in [-0.05, 0) is 30.3 Å². The van der Waals surface area contributed by atoms with Crippen LogP contribution in [0.5, 0.6) is 5.75 Å². The number of non-ortho nitro benzene ring substituents is 1.